The van der Waals surface area contributed by atoms with Gasteiger partial charge in [0.05, 0.1) is 30.0 Å². The third-order valence-electron chi connectivity index (χ3n) is 5.17. The fraction of sp³-hybridized carbons (Fsp3) is 0.304. The Kier molecular flexibility index (Phi) is 7.35. The number of benzene rings is 2. The number of H-pyrrole nitrogens is 2. The molecule has 5 N–H and O–H groups in total. The quantitative estimate of drug-likeness (QED) is 0.373. The van der Waals surface area contributed by atoms with Crippen molar-refractivity contribution in [2.75, 3.05) is 30.3 Å². The SMILES string of the molecule is CC.Cc1ccc(Nc2c(C(=O)N3CC(O)(CNc4cc(=O)[nH][nH]4)C3)ccc(F)c2F)c(F)c1. The van der Waals surface area contributed by atoms with Crippen molar-refractivity contribution in [3.8, 4) is 0 Å². The van der Waals surface area contributed by atoms with Crippen LogP contribution in [0.4, 0.5) is 30.4 Å². The van der Waals surface area contributed by atoms with E-state index in [1.807, 2.05) is 13.8 Å². The van der Waals surface area contributed by atoms with Gasteiger partial charge >= 0.3 is 0 Å². The first-order valence-electron chi connectivity index (χ1n) is 10.7. The molecule has 0 radical (unpaired) electrons. The molecular weight excluding hydrogens is 451 g/mol. The Balaban J connectivity index is 0.00000158. The number of halogens is 3. The maximum absolute atomic E-state index is 14.5. The van der Waals surface area contributed by atoms with Gasteiger partial charge in [-0.15, -0.1) is 0 Å². The Morgan fingerprint density at radius 2 is 1.79 bits per heavy atom. The van der Waals surface area contributed by atoms with Crippen molar-refractivity contribution in [2.45, 2.75) is 26.4 Å². The summed E-state index contributed by atoms with van der Waals surface area (Å²) in [6, 6.07) is 7.37. The molecule has 8 nitrogen and oxygen atoms in total. The zero-order valence-electron chi connectivity index (χ0n) is 18.9. The molecule has 1 aromatic heterocycles. The van der Waals surface area contributed by atoms with Crippen LogP contribution in [-0.4, -0.2) is 51.3 Å². The van der Waals surface area contributed by atoms with Crippen molar-refractivity contribution in [2.24, 2.45) is 0 Å². The summed E-state index contributed by atoms with van der Waals surface area (Å²) in [6.07, 6.45) is 0. The van der Waals surface area contributed by atoms with Crippen molar-refractivity contribution in [3.05, 3.63) is 75.3 Å². The average molecular weight is 477 g/mol. The van der Waals surface area contributed by atoms with Crippen molar-refractivity contribution in [3.63, 3.8) is 0 Å². The first-order valence-corrected chi connectivity index (χ1v) is 10.7. The summed E-state index contributed by atoms with van der Waals surface area (Å²) in [6.45, 7) is 5.57. The van der Waals surface area contributed by atoms with Crippen LogP contribution in [0.15, 0.2) is 41.2 Å². The van der Waals surface area contributed by atoms with Gasteiger partial charge in [0.25, 0.3) is 11.5 Å². The molecule has 3 aromatic rings. The van der Waals surface area contributed by atoms with Gasteiger partial charge in [0.2, 0.25) is 0 Å². The van der Waals surface area contributed by atoms with Gasteiger partial charge in [0.1, 0.15) is 17.2 Å². The van der Waals surface area contributed by atoms with Crippen molar-refractivity contribution >= 4 is 23.1 Å². The van der Waals surface area contributed by atoms with E-state index in [1.54, 1.807) is 13.0 Å². The summed E-state index contributed by atoms with van der Waals surface area (Å²) >= 11 is 0. The number of β-amino-alcohol motifs (C(OH)–C–C–N with tert-alkyl or cyclic N) is 1. The highest BCUT2D eigenvalue weighted by atomic mass is 19.2. The molecule has 1 aliphatic heterocycles. The number of carbonyl (C=O) groups excluding carboxylic acids is 1. The number of hydrogen-bond acceptors (Lipinski definition) is 5. The Bertz CT molecular complexity index is 1230. The number of aromatic nitrogens is 2. The number of nitrogens with one attached hydrogen (secondary N) is 4. The molecule has 0 spiro atoms. The molecule has 0 atom stereocenters. The van der Waals surface area contributed by atoms with E-state index in [4.69, 9.17) is 0 Å². The number of rotatable bonds is 6. The van der Waals surface area contributed by atoms with Gasteiger partial charge in [-0.25, -0.2) is 13.2 Å². The van der Waals surface area contributed by atoms with E-state index in [-0.39, 0.29) is 36.4 Å². The number of anilines is 3. The highest BCUT2D eigenvalue weighted by molar-refractivity contribution is 6.01. The summed E-state index contributed by atoms with van der Waals surface area (Å²) in [5.41, 5.74) is -1.78. The topological polar surface area (TPSA) is 113 Å². The summed E-state index contributed by atoms with van der Waals surface area (Å²) in [4.78, 5) is 25.3. The predicted molar refractivity (Wildman–Crippen MR) is 123 cm³/mol. The second-order valence-electron chi connectivity index (χ2n) is 7.80. The summed E-state index contributed by atoms with van der Waals surface area (Å²) < 4.78 is 42.6. The minimum atomic E-state index is -1.32. The van der Waals surface area contributed by atoms with Gasteiger partial charge in [-0.3, -0.25) is 19.8 Å². The molecule has 1 fully saturated rings. The zero-order chi connectivity index (χ0) is 25.0. The summed E-state index contributed by atoms with van der Waals surface area (Å²) in [7, 11) is 0. The van der Waals surface area contributed by atoms with E-state index < -0.39 is 34.6 Å². The molecule has 0 aliphatic carbocycles. The monoisotopic (exact) mass is 477 g/mol. The molecule has 0 unspecified atom stereocenters. The van der Waals surface area contributed by atoms with Crippen LogP contribution in [0.25, 0.3) is 0 Å². The minimum absolute atomic E-state index is 0.0437. The molecule has 0 bridgehead atoms. The van der Waals surface area contributed by atoms with E-state index in [0.717, 1.165) is 12.1 Å². The first kappa shape index (κ1) is 24.9. The van der Waals surface area contributed by atoms with Crippen LogP contribution in [0.5, 0.6) is 0 Å². The number of carbonyl (C=O) groups is 1. The maximum atomic E-state index is 14.5. The molecule has 11 heteroatoms. The van der Waals surface area contributed by atoms with Crippen LogP contribution in [-0.2, 0) is 0 Å². The van der Waals surface area contributed by atoms with Crippen LogP contribution < -0.4 is 16.2 Å². The minimum Gasteiger partial charge on any atom is -0.384 e. The van der Waals surface area contributed by atoms with Crippen LogP contribution >= 0.6 is 0 Å². The lowest BCUT2D eigenvalue weighted by atomic mass is 9.92. The van der Waals surface area contributed by atoms with Crippen molar-refractivity contribution in [1.82, 2.24) is 15.1 Å². The second-order valence-corrected chi connectivity index (χ2v) is 7.80. The normalized spacial score (nSPS) is 14.0. The van der Waals surface area contributed by atoms with E-state index >= 15 is 0 Å². The van der Waals surface area contributed by atoms with E-state index in [9.17, 15) is 27.9 Å². The molecule has 4 rings (SSSR count). The van der Waals surface area contributed by atoms with Gasteiger partial charge < -0.3 is 20.6 Å². The van der Waals surface area contributed by atoms with Crippen LogP contribution in [0.3, 0.4) is 0 Å². The van der Waals surface area contributed by atoms with Crippen molar-refractivity contribution < 1.29 is 23.1 Å². The number of aliphatic hydroxyl groups is 1. The Hall–Kier alpha value is -3.73. The van der Waals surface area contributed by atoms with Gasteiger partial charge in [-0.05, 0) is 36.8 Å². The zero-order valence-corrected chi connectivity index (χ0v) is 18.9. The van der Waals surface area contributed by atoms with Crippen LogP contribution in [0.1, 0.15) is 29.8 Å². The van der Waals surface area contributed by atoms with Crippen molar-refractivity contribution in [1.29, 1.82) is 0 Å². The van der Waals surface area contributed by atoms with Gasteiger partial charge in [-0.2, -0.15) is 0 Å². The number of nitrogens with zero attached hydrogens (tertiary/aromatic N) is 1. The molecule has 2 heterocycles. The smallest absolute Gasteiger partial charge is 0.266 e. The Morgan fingerprint density at radius 1 is 1.09 bits per heavy atom. The molecule has 182 valence electrons. The fourth-order valence-corrected chi connectivity index (χ4v) is 3.48. The maximum Gasteiger partial charge on any atom is 0.266 e. The van der Waals surface area contributed by atoms with Crippen LogP contribution in [0, 0.1) is 24.4 Å². The molecule has 1 aliphatic rings. The predicted octanol–water partition coefficient (Wildman–Crippen LogP) is 3.50. The summed E-state index contributed by atoms with van der Waals surface area (Å²) in [5, 5.41) is 20.8. The number of likely N-dealkylation sites (tertiary alicyclic amines) is 1. The first-order chi connectivity index (χ1) is 16.1. The Morgan fingerprint density at radius 3 is 2.41 bits per heavy atom. The van der Waals surface area contributed by atoms with Gasteiger partial charge in [0.15, 0.2) is 11.6 Å². The lowest BCUT2D eigenvalue weighted by Gasteiger charge is -2.46. The lowest BCUT2D eigenvalue weighted by Crippen LogP contribution is -2.66. The molecule has 0 saturated carbocycles. The van der Waals surface area contributed by atoms with E-state index in [0.29, 0.717) is 11.4 Å². The highest BCUT2D eigenvalue weighted by Crippen LogP contribution is 2.31. The molecule has 1 saturated heterocycles. The van der Waals surface area contributed by atoms with Crippen LogP contribution in [0.2, 0.25) is 0 Å². The lowest BCUT2D eigenvalue weighted by molar-refractivity contribution is -0.0707. The number of aryl methyl sites for hydroxylation is 1. The number of aromatic amines is 2. The molecule has 34 heavy (non-hydrogen) atoms. The van der Waals surface area contributed by atoms with Gasteiger partial charge in [0, 0.05) is 12.6 Å². The largest absolute Gasteiger partial charge is 0.384 e. The fourth-order valence-electron chi connectivity index (χ4n) is 3.48. The Labute approximate surface area is 193 Å². The standard InChI is InChI=1S/C21H20F3N5O3.C2H6/c1-11-2-5-15(14(23)6-11)26-19-12(3-4-13(22)18(19)24)20(31)29-9-21(32,10-29)8-25-16-7-17(30)28-27-16;1-2/h2-7,26,32H,8-10H2,1H3,(H3,25,27,28,30);1-2H3. The highest BCUT2D eigenvalue weighted by Gasteiger charge is 2.44. The average Bonchev–Trinajstić information content (AvgIpc) is 3.21. The third kappa shape index (κ3) is 5.25. The molecule has 1 amide bonds. The molecule has 2 aromatic carbocycles. The van der Waals surface area contributed by atoms with E-state index in [2.05, 4.69) is 20.8 Å². The third-order valence-corrected chi connectivity index (χ3v) is 5.17. The molecular formula is C23H26F3N5O3. The second kappa shape index (κ2) is 10.0. The summed E-state index contributed by atoms with van der Waals surface area (Å²) in [5.74, 6) is -3.47. The van der Waals surface area contributed by atoms with E-state index in [1.165, 1.54) is 23.1 Å². The van der Waals surface area contributed by atoms with Gasteiger partial charge in [-0.1, -0.05) is 19.9 Å². The number of hydrogen-bond donors (Lipinski definition) is 5. The number of amides is 1.